The number of amides is 3. The molecule has 2 aromatic rings. The van der Waals surface area contributed by atoms with Crippen LogP contribution in [0.15, 0.2) is 30.5 Å². The fraction of sp³-hybridized carbons (Fsp3) is 0.455. The molecule has 0 spiro atoms. The van der Waals surface area contributed by atoms with Gasteiger partial charge in [0.15, 0.2) is 0 Å². The van der Waals surface area contributed by atoms with Crippen LogP contribution in [-0.4, -0.2) is 69.7 Å². The molecule has 4 atom stereocenters. The average Bonchev–Trinajstić information content (AvgIpc) is 3.18. The molecule has 11 heteroatoms. The van der Waals surface area contributed by atoms with Crippen LogP contribution >= 0.6 is 0 Å². The van der Waals surface area contributed by atoms with Gasteiger partial charge in [0.2, 0.25) is 17.7 Å². The molecular weight excluding hydrogens is 430 g/mol. The standard InChI is InChI=1S/C22H31N5O6/c1-11(2)18(23)21(31)26-16(8-13-9-24-15-7-5-4-6-14(13)15)19(29)27-17(10-28)20(30)25-12(3)22(32)33/h4-7,9,11-12,16-18,24,28H,8,10,23H2,1-3H3,(H,25,30)(H,26,31)(H,27,29)(H,32,33). The van der Waals surface area contributed by atoms with Crippen molar-refractivity contribution in [2.75, 3.05) is 6.61 Å². The Kier molecular flexibility index (Phi) is 8.94. The minimum atomic E-state index is -1.40. The number of rotatable bonds is 11. The monoisotopic (exact) mass is 461 g/mol. The number of benzene rings is 1. The van der Waals surface area contributed by atoms with Gasteiger partial charge in [-0.2, -0.15) is 0 Å². The van der Waals surface area contributed by atoms with Gasteiger partial charge in [0, 0.05) is 23.5 Å². The van der Waals surface area contributed by atoms with Gasteiger partial charge in [-0.05, 0) is 24.5 Å². The highest BCUT2D eigenvalue weighted by molar-refractivity contribution is 5.95. The lowest BCUT2D eigenvalue weighted by Crippen LogP contribution is -2.58. The molecule has 0 aliphatic rings. The van der Waals surface area contributed by atoms with Crippen molar-refractivity contribution < 1.29 is 29.4 Å². The summed E-state index contributed by atoms with van der Waals surface area (Å²) in [7, 11) is 0. The number of carbonyl (C=O) groups excluding carboxylic acids is 3. The third-order valence-electron chi connectivity index (χ3n) is 5.30. The second-order valence-electron chi connectivity index (χ2n) is 8.21. The molecule has 0 bridgehead atoms. The fourth-order valence-electron chi connectivity index (χ4n) is 3.14. The zero-order valence-corrected chi connectivity index (χ0v) is 18.8. The Balaban J connectivity index is 2.23. The number of aromatic nitrogens is 1. The highest BCUT2D eigenvalue weighted by atomic mass is 16.4. The van der Waals surface area contributed by atoms with E-state index in [0.29, 0.717) is 0 Å². The summed E-state index contributed by atoms with van der Waals surface area (Å²) in [6.45, 7) is 4.04. The van der Waals surface area contributed by atoms with Crippen LogP contribution < -0.4 is 21.7 Å². The fourth-order valence-corrected chi connectivity index (χ4v) is 3.14. The van der Waals surface area contributed by atoms with E-state index in [-0.39, 0.29) is 12.3 Å². The number of para-hydroxylation sites is 1. The molecule has 33 heavy (non-hydrogen) atoms. The summed E-state index contributed by atoms with van der Waals surface area (Å²) in [5.74, 6) is -3.55. The van der Waals surface area contributed by atoms with E-state index in [2.05, 4.69) is 20.9 Å². The minimum Gasteiger partial charge on any atom is -0.480 e. The first-order valence-electron chi connectivity index (χ1n) is 10.6. The molecular formula is C22H31N5O6. The number of hydrogen-bond acceptors (Lipinski definition) is 6. The van der Waals surface area contributed by atoms with E-state index in [9.17, 15) is 24.3 Å². The Labute approximate surface area is 191 Å². The van der Waals surface area contributed by atoms with Crippen molar-refractivity contribution in [1.29, 1.82) is 0 Å². The molecule has 0 aliphatic heterocycles. The molecule has 2 rings (SSSR count). The largest absolute Gasteiger partial charge is 0.480 e. The first kappa shape index (κ1) is 25.8. The van der Waals surface area contributed by atoms with Gasteiger partial charge < -0.3 is 36.9 Å². The second kappa shape index (κ2) is 11.4. The van der Waals surface area contributed by atoms with Gasteiger partial charge in [-0.25, -0.2) is 0 Å². The van der Waals surface area contributed by atoms with Crippen LogP contribution in [-0.2, 0) is 25.6 Å². The zero-order chi connectivity index (χ0) is 24.7. The van der Waals surface area contributed by atoms with Gasteiger partial charge in [-0.3, -0.25) is 19.2 Å². The number of nitrogens with two attached hydrogens (primary N) is 1. The van der Waals surface area contributed by atoms with Crippen LogP contribution in [0.1, 0.15) is 26.3 Å². The van der Waals surface area contributed by atoms with Crippen LogP contribution in [0.4, 0.5) is 0 Å². The highest BCUT2D eigenvalue weighted by Gasteiger charge is 2.30. The molecule has 4 unspecified atom stereocenters. The van der Waals surface area contributed by atoms with Gasteiger partial charge >= 0.3 is 5.97 Å². The molecule has 8 N–H and O–H groups in total. The highest BCUT2D eigenvalue weighted by Crippen LogP contribution is 2.19. The number of nitrogens with one attached hydrogen (secondary N) is 4. The van der Waals surface area contributed by atoms with E-state index >= 15 is 0 Å². The van der Waals surface area contributed by atoms with Gasteiger partial charge in [-0.1, -0.05) is 32.0 Å². The maximum absolute atomic E-state index is 13.0. The Morgan fingerprint density at radius 3 is 2.18 bits per heavy atom. The van der Waals surface area contributed by atoms with Gasteiger partial charge in [-0.15, -0.1) is 0 Å². The predicted octanol–water partition coefficient (Wildman–Crippen LogP) is -0.755. The Morgan fingerprint density at radius 1 is 0.970 bits per heavy atom. The lowest BCUT2D eigenvalue weighted by Gasteiger charge is -2.24. The molecule has 0 aliphatic carbocycles. The summed E-state index contributed by atoms with van der Waals surface area (Å²) < 4.78 is 0. The van der Waals surface area contributed by atoms with Crippen LogP contribution in [0.25, 0.3) is 10.9 Å². The molecule has 0 saturated heterocycles. The van der Waals surface area contributed by atoms with Crippen molar-refractivity contribution in [1.82, 2.24) is 20.9 Å². The number of aromatic amines is 1. The second-order valence-corrected chi connectivity index (χ2v) is 8.21. The van der Waals surface area contributed by atoms with E-state index in [1.54, 1.807) is 20.0 Å². The normalized spacial score (nSPS) is 14.8. The van der Waals surface area contributed by atoms with E-state index in [1.165, 1.54) is 6.92 Å². The molecule has 0 radical (unpaired) electrons. The van der Waals surface area contributed by atoms with E-state index in [1.807, 2.05) is 24.3 Å². The van der Waals surface area contributed by atoms with Gasteiger partial charge in [0.05, 0.1) is 12.6 Å². The van der Waals surface area contributed by atoms with E-state index in [4.69, 9.17) is 10.8 Å². The third kappa shape index (κ3) is 6.77. The summed E-state index contributed by atoms with van der Waals surface area (Å²) >= 11 is 0. The van der Waals surface area contributed by atoms with Crippen LogP contribution in [0.3, 0.4) is 0 Å². The molecule has 0 saturated carbocycles. The number of aliphatic carboxylic acids is 1. The molecule has 180 valence electrons. The number of carbonyl (C=O) groups is 4. The van der Waals surface area contributed by atoms with Crippen LogP contribution in [0, 0.1) is 5.92 Å². The van der Waals surface area contributed by atoms with Crippen molar-refractivity contribution in [2.45, 2.75) is 51.4 Å². The van der Waals surface area contributed by atoms with Crippen molar-refractivity contribution in [3.63, 3.8) is 0 Å². The zero-order valence-electron chi connectivity index (χ0n) is 18.8. The van der Waals surface area contributed by atoms with Crippen LogP contribution in [0.5, 0.6) is 0 Å². The third-order valence-corrected chi connectivity index (χ3v) is 5.30. The first-order valence-corrected chi connectivity index (χ1v) is 10.6. The molecule has 1 aromatic carbocycles. The number of carboxylic acid groups (broad SMARTS) is 1. The van der Waals surface area contributed by atoms with Gasteiger partial charge in [0.25, 0.3) is 0 Å². The minimum absolute atomic E-state index is 0.0949. The Morgan fingerprint density at radius 2 is 1.58 bits per heavy atom. The van der Waals surface area contributed by atoms with Crippen molar-refractivity contribution in [3.8, 4) is 0 Å². The Bertz CT molecular complexity index is 1000. The van der Waals surface area contributed by atoms with Gasteiger partial charge in [0.1, 0.15) is 18.1 Å². The predicted molar refractivity (Wildman–Crippen MR) is 121 cm³/mol. The summed E-state index contributed by atoms with van der Waals surface area (Å²) in [6.07, 6.45) is 1.82. The lowest BCUT2D eigenvalue weighted by molar-refractivity contribution is -0.142. The van der Waals surface area contributed by atoms with Crippen LogP contribution in [0.2, 0.25) is 0 Å². The summed E-state index contributed by atoms with van der Waals surface area (Å²) in [5, 5.41) is 26.6. The molecule has 1 aromatic heterocycles. The molecule has 3 amide bonds. The maximum Gasteiger partial charge on any atom is 0.325 e. The first-order chi connectivity index (χ1) is 15.5. The number of H-pyrrole nitrogens is 1. The summed E-state index contributed by atoms with van der Waals surface area (Å²) in [4.78, 5) is 52.0. The quantitative estimate of drug-likeness (QED) is 0.229. The summed E-state index contributed by atoms with van der Waals surface area (Å²) in [6, 6.07) is 2.88. The number of aliphatic hydroxyl groups is 1. The van der Waals surface area contributed by atoms with E-state index < -0.39 is 54.5 Å². The lowest BCUT2D eigenvalue weighted by atomic mass is 10.0. The van der Waals surface area contributed by atoms with Crippen molar-refractivity contribution in [2.24, 2.45) is 11.7 Å². The van der Waals surface area contributed by atoms with E-state index in [0.717, 1.165) is 16.5 Å². The molecule has 1 heterocycles. The summed E-state index contributed by atoms with van der Waals surface area (Å²) in [5.41, 5.74) is 7.53. The Hall–Kier alpha value is -3.44. The van der Waals surface area contributed by atoms with Crippen molar-refractivity contribution >= 4 is 34.6 Å². The molecule has 11 nitrogen and oxygen atoms in total. The maximum atomic E-state index is 13.0. The average molecular weight is 462 g/mol. The molecule has 0 fully saturated rings. The number of fused-ring (bicyclic) bond motifs is 1. The topological polar surface area (TPSA) is 187 Å². The number of hydrogen-bond donors (Lipinski definition) is 7. The number of aliphatic hydroxyl groups excluding tert-OH is 1. The van der Waals surface area contributed by atoms with Crippen molar-refractivity contribution in [3.05, 3.63) is 36.0 Å². The number of carboxylic acids is 1. The smallest absolute Gasteiger partial charge is 0.325 e. The SMILES string of the molecule is CC(NC(=O)C(CO)NC(=O)C(Cc1c[nH]c2ccccc12)NC(=O)C(N)C(C)C)C(=O)O.